The lowest BCUT2D eigenvalue weighted by molar-refractivity contribution is 0.0525. The van der Waals surface area contributed by atoms with Gasteiger partial charge in [-0.05, 0) is 43.7 Å². The standard InChI is InChI=1S/C16H19N3O3S/c1-2-21-15(20)12-8-9-13(17-10-12)23-16-19-18-14(22-16)11-6-4-3-5-7-11/h8-11H,2-7H2,1H3. The monoisotopic (exact) mass is 333 g/mol. The van der Waals surface area contributed by atoms with Gasteiger partial charge in [0.1, 0.15) is 5.03 Å². The number of carbonyl (C=O) groups excluding carboxylic acids is 1. The molecule has 0 N–H and O–H groups in total. The highest BCUT2D eigenvalue weighted by Crippen LogP contribution is 2.34. The number of hydrogen-bond acceptors (Lipinski definition) is 7. The van der Waals surface area contributed by atoms with Crippen LogP contribution in [0.2, 0.25) is 0 Å². The largest absolute Gasteiger partial charge is 0.462 e. The molecule has 2 aromatic heterocycles. The fourth-order valence-corrected chi connectivity index (χ4v) is 3.27. The molecule has 1 fully saturated rings. The van der Waals surface area contributed by atoms with Gasteiger partial charge in [-0.25, -0.2) is 9.78 Å². The Hall–Kier alpha value is -1.89. The Bertz CT molecular complexity index is 651. The van der Waals surface area contributed by atoms with E-state index in [1.807, 2.05) is 0 Å². The summed E-state index contributed by atoms with van der Waals surface area (Å²) in [6.07, 6.45) is 7.50. The molecule has 7 heteroatoms. The van der Waals surface area contributed by atoms with Gasteiger partial charge in [-0.15, -0.1) is 10.2 Å². The number of hydrogen-bond donors (Lipinski definition) is 0. The van der Waals surface area contributed by atoms with Gasteiger partial charge in [-0.1, -0.05) is 19.3 Å². The minimum absolute atomic E-state index is 0.348. The van der Waals surface area contributed by atoms with Crippen molar-refractivity contribution in [2.24, 2.45) is 0 Å². The van der Waals surface area contributed by atoms with E-state index < -0.39 is 0 Å². The van der Waals surface area contributed by atoms with Gasteiger partial charge in [0, 0.05) is 12.1 Å². The molecule has 0 amide bonds. The highest BCUT2D eigenvalue weighted by molar-refractivity contribution is 7.99. The van der Waals surface area contributed by atoms with Crippen molar-refractivity contribution in [1.82, 2.24) is 15.2 Å². The second-order valence-electron chi connectivity index (χ2n) is 5.45. The van der Waals surface area contributed by atoms with Gasteiger partial charge < -0.3 is 9.15 Å². The van der Waals surface area contributed by atoms with Crippen LogP contribution in [0.4, 0.5) is 0 Å². The van der Waals surface area contributed by atoms with Gasteiger partial charge in [-0.2, -0.15) is 0 Å². The van der Waals surface area contributed by atoms with Crippen molar-refractivity contribution in [3.05, 3.63) is 29.8 Å². The molecule has 0 aliphatic heterocycles. The van der Waals surface area contributed by atoms with E-state index >= 15 is 0 Å². The van der Waals surface area contributed by atoms with Crippen molar-refractivity contribution in [3.63, 3.8) is 0 Å². The van der Waals surface area contributed by atoms with Crippen LogP contribution in [0.15, 0.2) is 33.0 Å². The molecule has 1 aliphatic carbocycles. The number of aromatic nitrogens is 3. The Labute approximate surface area is 139 Å². The molecule has 0 spiro atoms. The van der Waals surface area contributed by atoms with Crippen LogP contribution in [-0.4, -0.2) is 27.8 Å². The highest BCUT2D eigenvalue weighted by Gasteiger charge is 2.21. The molecule has 0 saturated heterocycles. The number of rotatable bonds is 5. The summed E-state index contributed by atoms with van der Waals surface area (Å²) in [4.78, 5) is 15.8. The molecule has 0 radical (unpaired) electrons. The third-order valence-corrected chi connectivity index (χ3v) is 4.61. The molecule has 3 rings (SSSR count). The average Bonchev–Trinajstić information content (AvgIpc) is 3.05. The molecular formula is C16H19N3O3S. The maximum Gasteiger partial charge on any atom is 0.339 e. The van der Waals surface area contributed by atoms with E-state index in [1.54, 1.807) is 19.1 Å². The molecule has 23 heavy (non-hydrogen) atoms. The summed E-state index contributed by atoms with van der Waals surface area (Å²) in [5.41, 5.74) is 0.435. The van der Waals surface area contributed by atoms with Crippen molar-refractivity contribution in [3.8, 4) is 0 Å². The maximum absolute atomic E-state index is 11.6. The van der Waals surface area contributed by atoms with Gasteiger partial charge >= 0.3 is 5.97 Å². The summed E-state index contributed by atoms with van der Waals surface area (Å²) >= 11 is 1.30. The number of pyridine rings is 1. The van der Waals surface area contributed by atoms with Crippen molar-refractivity contribution >= 4 is 17.7 Å². The van der Waals surface area contributed by atoms with Crippen LogP contribution in [0.3, 0.4) is 0 Å². The van der Waals surface area contributed by atoms with Gasteiger partial charge in [0.2, 0.25) is 5.89 Å². The van der Waals surface area contributed by atoms with Crippen LogP contribution in [0.5, 0.6) is 0 Å². The Balaban J connectivity index is 1.63. The first-order chi connectivity index (χ1) is 11.3. The topological polar surface area (TPSA) is 78.1 Å². The summed E-state index contributed by atoms with van der Waals surface area (Å²) in [6, 6.07) is 3.44. The molecule has 0 aromatic carbocycles. The smallest absolute Gasteiger partial charge is 0.339 e. The van der Waals surface area contributed by atoms with E-state index in [1.165, 1.54) is 37.2 Å². The fraction of sp³-hybridized carbons (Fsp3) is 0.500. The lowest BCUT2D eigenvalue weighted by atomic mass is 9.89. The number of nitrogens with zero attached hydrogens (tertiary/aromatic N) is 3. The lowest BCUT2D eigenvalue weighted by Crippen LogP contribution is -2.04. The molecule has 0 atom stereocenters. The van der Waals surface area contributed by atoms with Gasteiger partial charge in [0.25, 0.3) is 5.22 Å². The second-order valence-corrected chi connectivity index (χ2v) is 6.42. The molecule has 1 saturated carbocycles. The lowest BCUT2D eigenvalue weighted by Gasteiger charge is -2.17. The SMILES string of the molecule is CCOC(=O)c1ccc(Sc2nnc(C3CCCCC3)o2)nc1. The van der Waals surface area contributed by atoms with Crippen LogP contribution in [-0.2, 0) is 4.74 Å². The molecule has 1 aliphatic rings. The van der Waals surface area contributed by atoms with Crippen LogP contribution >= 0.6 is 11.8 Å². The van der Waals surface area contributed by atoms with Crippen molar-refractivity contribution < 1.29 is 13.9 Å². The first-order valence-electron chi connectivity index (χ1n) is 7.90. The predicted molar refractivity (Wildman–Crippen MR) is 84.4 cm³/mol. The van der Waals surface area contributed by atoms with Gasteiger partial charge in [0.15, 0.2) is 0 Å². The molecule has 6 nitrogen and oxygen atoms in total. The van der Waals surface area contributed by atoms with Gasteiger partial charge in [0.05, 0.1) is 12.2 Å². The van der Waals surface area contributed by atoms with Crippen LogP contribution in [0.1, 0.15) is 61.2 Å². The van der Waals surface area contributed by atoms with Crippen molar-refractivity contribution in [1.29, 1.82) is 0 Å². The molecule has 0 unspecified atom stereocenters. The summed E-state index contributed by atoms with van der Waals surface area (Å²) in [6.45, 7) is 2.12. The van der Waals surface area contributed by atoms with E-state index in [4.69, 9.17) is 9.15 Å². The first kappa shape index (κ1) is 16.0. The normalized spacial score (nSPS) is 15.5. The van der Waals surface area contributed by atoms with E-state index in [2.05, 4.69) is 15.2 Å². The Morgan fingerprint density at radius 1 is 1.30 bits per heavy atom. The third-order valence-electron chi connectivity index (χ3n) is 3.82. The maximum atomic E-state index is 11.6. The second kappa shape index (κ2) is 7.59. The molecule has 0 bridgehead atoms. The quantitative estimate of drug-likeness (QED) is 0.769. The predicted octanol–water partition coefficient (Wildman–Crippen LogP) is 3.84. The van der Waals surface area contributed by atoms with E-state index in [9.17, 15) is 4.79 Å². The van der Waals surface area contributed by atoms with Crippen LogP contribution in [0.25, 0.3) is 0 Å². The molecule has 122 valence electrons. The molecule has 2 heterocycles. The highest BCUT2D eigenvalue weighted by atomic mass is 32.2. The Morgan fingerprint density at radius 2 is 2.13 bits per heavy atom. The van der Waals surface area contributed by atoms with E-state index in [-0.39, 0.29) is 5.97 Å². The number of carbonyl (C=O) groups is 1. The van der Waals surface area contributed by atoms with E-state index in [0.717, 1.165) is 18.7 Å². The summed E-state index contributed by atoms with van der Waals surface area (Å²) < 4.78 is 10.7. The minimum atomic E-state index is -0.367. The number of ether oxygens (including phenoxy) is 1. The summed E-state index contributed by atoms with van der Waals surface area (Å²) in [5.74, 6) is 0.758. The minimum Gasteiger partial charge on any atom is -0.462 e. The average molecular weight is 333 g/mol. The van der Waals surface area contributed by atoms with E-state index in [0.29, 0.717) is 28.3 Å². The molecule has 2 aromatic rings. The van der Waals surface area contributed by atoms with Crippen LogP contribution < -0.4 is 0 Å². The van der Waals surface area contributed by atoms with Crippen LogP contribution in [0, 0.1) is 0 Å². The van der Waals surface area contributed by atoms with Crippen molar-refractivity contribution in [2.75, 3.05) is 6.61 Å². The number of esters is 1. The zero-order valence-corrected chi connectivity index (χ0v) is 13.8. The Kier molecular flexibility index (Phi) is 5.27. The zero-order valence-electron chi connectivity index (χ0n) is 13.0. The summed E-state index contributed by atoms with van der Waals surface area (Å²) in [5, 5.41) is 9.45. The Morgan fingerprint density at radius 3 is 2.83 bits per heavy atom. The third kappa shape index (κ3) is 4.10. The van der Waals surface area contributed by atoms with Crippen molar-refractivity contribution in [2.45, 2.75) is 55.2 Å². The summed E-state index contributed by atoms with van der Waals surface area (Å²) in [7, 11) is 0. The zero-order chi connectivity index (χ0) is 16.1. The molecular weight excluding hydrogens is 314 g/mol. The first-order valence-corrected chi connectivity index (χ1v) is 8.72. The fourth-order valence-electron chi connectivity index (χ4n) is 2.64. The van der Waals surface area contributed by atoms with Gasteiger partial charge in [-0.3, -0.25) is 0 Å².